The molecule has 194 valence electrons. The van der Waals surface area contributed by atoms with Gasteiger partial charge in [0.05, 0.1) is 35.2 Å². The second-order valence-corrected chi connectivity index (χ2v) is 8.68. The molecule has 4 aromatic rings. The lowest BCUT2D eigenvalue weighted by molar-refractivity contribution is -0.141. The maximum atomic E-state index is 13.6. The van der Waals surface area contributed by atoms with E-state index in [2.05, 4.69) is 25.3 Å². The molecule has 4 rings (SSSR count). The normalized spacial score (nSPS) is 12.5. The average Bonchev–Trinajstić information content (AvgIpc) is 2.83. The molecule has 0 bridgehead atoms. The Kier molecular flexibility index (Phi) is 7.05. The average molecular weight is 520 g/mol. The Morgan fingerprint density at radius 3 is 2.30 bits per heavy atom. The van der Waals surface area contributed by atoms with Crippen molar-refractivity contribution in [2.24, 2.45) is 0 Å². The van der Waals surface area contributed by atoms with Gasteiger partial charge in [0.25, 0.3) is 0 Å². The van der Waals surface area contributed by atoms with Crippen LogP contribution in [0.5, 0.6) is 0 Å². The molecule has 0 radical (unpaired) electrons. The number of nitrogens with zero attached hydrogens (tertiary/aromatic N) is 5. The first-order valence-electron chi connectivity index (χ1n) is 11.2. The van der Waals surface area contributed by atoms with E-state index in [1.807, 2.05) is 25.8 Å². The largest absolute Gasteiger partial charge is 0.433 e. The highest BCUT2D eigenvalue weighted by atomic mass is 19.4. The van der Waals surface area contributed by atoms with Gasteiger partial charge in [-0.25, -0.2) is 15.0 Å². The van der Waals surface area contributed by atoms with Crippen LogP contribution in [-0.4, -0.2) is 37.9 Å². The molecule has 0 saturated carbocycles. The summed E-state index contributed by atoms with van der Waals surface area (Å²) in [5.74, 6) is 0.655. The molecule has 0 saturated heterocycles. The number of rotatable bonds is 6. The van der Waals surface area contributed by atoms with E-state index in [0.29, 0.717) is 23.3 Å². The molecule has 3 aromatic heterocycles. The molecule has 6 nitrogen and oxygen atoms in total. The van der Waals surface area contributed by atoms with E-state index in [1.165, 1.54) is 30.5 Å². The minimum absolute atomic E-state index is 0.156. The summed E-state index contributed by atoms with van der Waals surface area (Å²) < 4.78 is 79.4. The third-order valence-corrected chi connectivity index (χ3v) is 5.72. The van der Waals surface area contributed by atoms with Crippen molar-refractivity contribution in [1.29, 1.82) is 0 Å². The lowest BCUT2D eigenvalue weighted by atomic mass is 10.0. The first kappa shape index (κ1) is 26.3. The van der Waals surface area contributed by atoms with Crippen molar-refractivity contribution < 1.29 is 26.3 Å². The van der Waals surface area contributed by atoms with Crippen molar-refractivity contribution in [3.63, 3.8) is 0 Å². The molecule has 37 heavy (non-hydrogen) atoms. The van der Waals surface area contributed by atoms with Gasteiger partial charge in [-0.1, -0.05) is 6.07 Å². The Labute approximate surface area is 208 Å². The zero-order valence-corrected chi connectivity index (χ0v) is 20.0. The molecule has 3 heterocycles. The van der Waals surface area contributed by atoms with Crippen LogP contribution in [0.25, 0.3) is 22.2 Å². The molecule has 0 aliphatic carbocycles. The fraction of sp³-hybridized carbons (Fsp3) is 0.280. The van der Waals surface area contributed by atoms with E-state index in [0.717, 1.165) is 18.3 Å². The molecule has 0 aliphatic heterocycles. The summed E-state index contributed by atoms with van der Waals surface area (Å²) in [7, 11) is 1.87. The molecule has 1 aromatic carbocycles. The molecule has 1 N–H and O–H groups in total. The highest BCUT2D eigenvalue weighted by molar-refractivity contribution is 5.93. The molecular weight excluding hydrogens is 498 g/mol. The molecular formula is C25H22F6N6. The number of alkyl halides is 6. The van der Waals surface area contributed by atoms with Crippen molar-refractivity contribution in [3.8, 4) is 11.3 Å². The van der Waals surface area contributed by atoms with Gasteiger partial charge in [0.1, 0.15) is 17.3 Å². The zero-order chi connectivity index (χ0) is 27.0. The smallest absolute Gasteiger partial charge is 0.338 e. The van der Waals surface area contributed by atoms with Gasteiger partial charge in [0, 0.05) is 23.2 Å². The van der Waals surface area contributed by atoms with Crippen molar-refractivity contribution >= 4 is 22.4 Å². The Morgan fingerprint density at radius 1 is 0.919 bits per heavy atom. The van der Waals surface area contributed by atoms with Gasteiger partial charge in [-0.05, 0) is 57.3 Å². The number of hydrogen-bond donors (Lipinski definition) is 1. The monoisotopic (exact) mass is 520 g/mol. The van der Waals surface area contributed by atoms with Crippen molar-refractivity contribution in [1.82, 2.24) is 24.8 Å². The van der Waals surface area contributed by atoms with Crippen molar-refractivity contribution in [3.05, 3.63) is 71.9 Å². The highest BCUT2D eigenvalue weighted by Crippen LogP contribution is 2.37. The van der Waals surface area contributed by atoms with Gasteiger partial charge in [0.15, 0.2) is 0 Å². The minimum Gasteiger partial charge on any atom is -0.338 e. The van der Waals surface area contributed by atoms with Crippen LogP contribution in [0.1, 0.15) is 30.9 Å². The summed E-state index contributed by atoms with van der Waals surface area (Å²) in [4.78, 5) is 18.5. The van der Waals surface area contributed by atoms with Crippen LogP contribution >= 0.6 is 0 Å². The third kappa shape index (κ3) is 5.96. The maximum Gasteiger partial charge on any atom is 0.433 e. The number of aromatic nitrogens is 4. The fourth-order valence-corrected chi connectivity index (χ4v) is 3.53. The van der Waals surface area contributed by atoms with E-state index in [1.54, 1.807) is 6.07 Å². The van der Waals surface area contributed by atoms with Gasteiger partial charge < -0.3 is 5.32 Å². The van der Waals surface area contributed by atoms with E-state index in [4.69, 9.17) is 0 Å². The van der Waals surface area contributed by atoms with Crippen molar-refractivity contribution in [2.45, 2.75) is 38.8 Å². The van der Waals surface area contributed by atoms with Crippen molar-refractivity contribution in [2.75, 3.05) is 12.4 Å². The summed E-state index contributed by atoms with van der Waals surface area (Å²) in [5, 5.41) is 3.43. The van der Waals surface area contributed by atoms with Crippen LogP contribution in [0.3, 0.4) is 0 Å². The van der Waals surface area contributed by atoms with E-state index in [-0.39, 0.29) is 28.8 Å². The molecule has 0 spiro atoms. The number of hydrogen-bond acceptors (Lipinski definition) is 6. The van der Waals surface area contributed by atoms with Gasteiger partial charge >= 0.3 is 12.4 Å². The molecule has 0 aliphatic rings. The number of halogens is 6. The van der Waals surface area contributed by atoms with Gasteiger partial charge in [0.2, 0.25) is 0 Å². The van der Waals surface area contributed by atoms with E-state index < -0.39 is 23.6 Å². The Hall–Kier alpha value is -3.80. The molecule has 0 atom stereocenters. The predicted octanol–water partition coefficient (Wildman–Crippen LogP) is 6.71. The molecule has 0 fully saturated rings. The summed E-state index contributed by atoms with van der Waals surface area (Å²) in [6.07, 6.45) is -6.86. The predicted molar refractivity (Wildman–Crippen MR) is 127 cm³/mol. The highest BCUT2D eigenvalue weighted by Gasteiger charge is 2.34. The lowest BCUT2D eigenvalue weighted by Crippen LogP contribution is -2.26. The van der Waals surface area contributed by atoms with Crippen LogP contribution < -0.4 is 5.32 Å². The molecule has 12 heteroatoms. The Morgan fingerprint density at radius 2 is 1.68 bits per heavy atom. The number of nitrogens with one attached hydrogen (secondary N) is 1. The lowest BCUT2D eigenvalue weighted by Gasteiger charge is -2.21. The quantitative estimate of drug-likeness (QED) is 0.285. The third-order valence-electron chi connectivity index (χ3n) is 5.72. The summed E-state index contributed by atoms with van der Waals surface area (Å²) >= 11 is 0. The van der Waals surface area contributed by atoms with Crippen LogP contribution in [-0.2, 0) is 18.9 Å². The number of pyridine rings is 2. The topological polar surface area (TPSA) is 66.8 Å². The number of benzene rings is 1. The molecule has 0 amide bonds. The fourth-order valence-electron chi connectivity index (χ4n) is 3.53. The summed E-state index contributed by atoms with van der Waals surface area (Å²) in [6, 6.07) is 8.91. The standard InChI is InChI=1S/C25H22F6N6/c1-14(2)37(3)13-21-35-19-11-15(22-18(24(26,27)28)5-4-10-32-22)6-8-17(19)23(36-21)34-16-7-9-20(33-12-16)25(29,30)31/h4-12,14H,13H2,1-3H3,(H,34,35,36). The van der Waals surface area contributed by atoms with Crippen LogP contribution in [0.2, 0.25) is 0 Å². The number of fused-ring (bicyclic) bond motifs is 1. The summed E-state index contributed by atoms with van der Waals surface area (Å²) in [5.41, 5.74) is -1.34. The first-order valence-corrected chi connectivity index (χ1v) is 11.2. The van der Waals surface area contributed by atoms with Crippen LogP contribution in [0.4, 0.5) is 37.8 Å². The second kappa shape index (κ2) is 9.92. The first-order chi connectivity index (χ1) is 17.3. The van der Waals surface area contributed by atoms with E-state index in [9.17, 15) is 26.3 Å². The van der Waals surface area contributed by atoms with Crippen LogP contribution in [0, 0.1) is 0 Å². The summed E-state index contributed by atoms with van der Waals surface area (Å²) in [6.45, 7) is 4.28. The van der Waals surface area contributed by atoms with Gasteiger partial charge in [-0.15, -0.1) is 0 Å². The number of anilines is 2. The van der Waals surface area contributed by atoms with Gasteiger partial charge in [-0.2, -0.15) is 26.3 Å². The molecule has 0 unspecified atom stereocenters. The van der Waals surface area contributed by atoms with E-state index >= 15 is 0 Å². The zero-order valence-electron chi connectivity index (χ0n) is 20.0. The maximum absolute atomic E-state index is 13.6. The van der Waals surface area contributed by atoms with Gasteiger partial charge in [-0.3, -0.25) is 9.88 Å². The minimum atomic E-state index is -4.60. The second-order valence-electron chi connectivity index (χ2n) is 8.68. The Bertz CT molecular complexity index is 1400. The Balaban J connectivity index is 1.81. The van der Waals surface area contributed by atoms with Crippen LogP contribution in [0.15, 0.2) is 54.9 Å². The SMILES string of the molecule is CC(C)N(C)Cc1nc(Nc2ccc(C(F)(F)F)nc2)c2ccc(-c3ncccc3C(F)(F)F)cc2n1.